The molecular formula is C26H23FN4O3S. The van der Waals surface area contributed by atoms with Crippen molar-refractivity contribution < 1.29 is 18.4 Å². The molecule has 3 aromatic rings. The molecule has 0 spiro atoms. The number of aryl methyl sites for hydroxylation is 2. The van der Waals surface area contributed by atoms with E-state index in [1.807, 2.05) is 0 Å². The van der Waals surface area contributed by atoms with Gasteiger partial charge in [-0.05, 0) is 75.8 Å². The first-order valence-electron chi connectivity index (χ1n) is 10.8. The van der Waals surface area contributed by atoms with Crippen molar-refractivity contribution >= 4 is 46.2 Å². The first-order chi connectivity index (χ1) is 16.6. The van der Waals surface area contributed by atoms with Crippen molar-refractivity contribution in [1.29, 1.82) is 0 Å². The lowest BCUT2D eigenvalue weighted by Gasteiger charge is -2.29. The monoisotopic (exact) mass is 490 g/mol. The minimum absolute atomic E-state index is 0.0311. The van der Waals surface area contributed by atoms with Crippen molar-refractivity contribution in [3.05, 3.63) is 88.4 Å². The highest BCUT2D eigenvalue weighted by atomic mass is 32.1. The Bertz CT molecular complexity index is 1410. The van der Waals surface area contributed by atoms with Gasteiger partial charge in [0.2, 0.25) is 0 Å². The number of rotatable bonds is 5. The fourth-order valence-electron chi connectivity index (χ4n) is 4.04. The quantitative estimate of drug-likeness (QED) is 0.381. The van der Waals surface area contributed by atoms with Gasteiger partial charge in [0, 0.05) is 29.0 Å². The fourth-order valence-corrected chi connectivity index (χ4v) is 4.56. The number of benzene rings is 2. The van der Waals surface area contributed by atoms with Crippen LogP contribution in [0.5, 0.6) is 0 Å². The number of thiocarbonyl (C=S) groups is 1. The molecule has 1 fully saturated rings. The predicted molar refractivity (Wildman–Crippen MR) is 135 cm³/mol. The average Bonchev–Trinajstić information content (AvgIpc) is 3.31. The van der Waals surface area contributed by atoms with Crippen LogP contribution in [-0.2, 0) is 11.3 Å². The number of amides is 2. The topological polar surface area (TPSA) is 70.2 Å². The number of hydrogen-bond acceptors (Lipinski definition) is 4. The lowest BCUT2D eigenvalue weighted by atomic mass is 10.0. The Labute approximate surface area is 208 Å². The summed E-state index contributed by atoms with van der Waals surface area (Å²) in [6, 6.07) is 11.3. The molecule has 0 aliphatic carbocycles. The van der Waals surface area contributed by atoms with Crippen molar-refractivity contribution in [3.8, 4) is 0 Å². The molecule has 0 saturated carbocycles. The van der Waals surface area contributed by atoms with E-state index < -0.39 is 17.3 Å². The van der Waals surface area contributed by atoms with E-state index in [-0.39, 0.29) is 28.9 Å². The van der Waals surface area contributed by atoms with Crippen LogP contribution in [0.15, 0.2) is 53.1 Å². The summed E-state index contributed by atoms with van der Waals surface area (Å²) in [5.74, 6) is -1.05. The number of carbonyl (C=O) groups is 2. The van der Waals surface area contributed by atoms with Gasteiger partial charge < -0.3 is 14.6 Å². The number of nitrogens with one attached hydrogen (secondary N) is 1. The second-order valence-electron chi connectivity index (χ2n) is 8.79. The van der Waals surface area contributed by atoms with Gasteiger partial charge in [0.1, 0.15) is 11.4 Å². The van der Waals surface area contributed by atoms with Gasteiger partial charge in [-0.15, -0.1) is 0 Å². The summed E-state index contributed by atoms with van der Waals surface area (Å²) in [6.45, 7) is 14.2. The second-order valence-corrected chi connectivity index (χ2v) is 9.16. The molecule has 2 heterocycles. The highest BCUT2D eigenvalue weighted by Gasteiger charge is 2.50. The Balaban J connectivity index is 1.59. The van der Waals surface area contributed by atoms with Crippen LogP contribution in [0.3, 0.4) is 0 Å². The van der Waals surface area contributed by atoms with Crippen molar-refractivity contribution in [1.82, 2.24) is 5.32 Å². The molecule has 1 aliphatic heterocycles. The Kier molecular flexibility index (Phi) is 6.17. The molecule has 1 saturated heterocycles. The standard InChI is InChI=1S/C26H23FN4O3S/c1-15-10-11-34-22(15)23(32)29-14-17-6-7-19(13-20(17)27)31-25(35)30(24(33)26(31,3)4)18-8-9-21(28-5)16(2)12-18/h6-13H,14H2,1-4H3,(H,29,32). The Morgan fingerprint density at radius 2 is 1.86 bits per heavy atom. The molecular weight excluding hydrogens is 467 g/mol. The van der Waals surface area contributed by atoms with Crippen molar-refractivity contribution in [2.24, 2.45) is 0 Å². The average molecular weight is 491 g/mol. The second kappa shape index (κ2) is 8.96. The van der Waals surface area contributed by atoms with E-state index in [9.17, 15) is 9.59 Å². The van der Waals surface area contributed by atoms with Crippen LogP contribution in [0.2, 0.25) is 0 Å². The van der Waals surface area contributed by atoms with Crippen molar-refractivity contribution in [2.75, 3.05) is 9.80 Å². The molecule has 35 heavy (non-hydrogen) atoms. The zero-order valence-corrected chi connectivity index (χ0v) is 20.5. The number of nitrogens with zero attached hydrogens (tertiary/aromatic N) is 3. The lowest BCUT2D eigenvalue weighted by molar-refractivity contribution is -0.120. The molecule has 1 N–H and O–H groups in total. The van der Waals surface area contributed by atoms with Crippen LogP contribution >= 0.6 is 12.2 Å². The van der Waals surface area contributed by atoms with Gasteiger partial charge in [0.05, 0.1) is 12.8 Å². The molecule has 1 aliphatic rings. The molecule has 2 aromatic carbocycles. The van der Waals surface area contributed by atoms with Crippen LogP contribution in [0.25, 0.3) is 4.85 Å². The van der Waals surface area contributed by atoms with Crippen LogP contribution in [0, 0.1) is 26.2 Å². The van der Waals surface area contributed by atoms with E-state index >= 15 is 4.39 Å². The molecule has 4 rings (SSSR count). The molecule has 9 heteroatoms. The number of furan rings is 1. The summed E-state index contributed by atoms with van der Waals surface area (Å²) in [5.41, 5.74) is 2.09. The molecule has 0 unspecified atom stereocenters. The summed E-state index contributed by atoms with van der Waals surface area (Å²) in [5, 5.41) is 2.86. The molecule has 0 bridgehead atoms. The van der Waals surface area contributed by atoms with Gasteiger partial charge >= 0.3 is 0 Å². The fraction of sp³-hybridized carbons (Fsp3) is 0.231. The van der Waals surface area contributed by atoms with E-state index in [1.54, 1.807) is 69.0 Å². The lowest BCUT2D eigenvalue weighted by Crippen LogP contribution is -2.44. The van der Waals surface area contributed by atoms with Crippen molar-refractivity contribution in [3.63, 3.8) is 0 Å². The van der Waals surface area contributed by atoms with Gasteiger partial charge in [-0.1, -0.05) is 12.1 Å². The Hall–Kier alpha value is -4.03. The third-order valence-corrected chi connectivity index (χ3v) is 6.39. The maximum absolute atomic E-state index is 15.0. The van der Waals surface area contributed by atoms with Crippen LogP contribution in [0.4, 0.5) is 21.5 Å². The van der Waals surface area contributed by atoms with E-state index in [4.69, 9.17) is 23.2 Å². The van der Waals surface area contributed by atoms with Gasteiger partial charge in [0.25, 0.3) is 11.8 Å². The first-order valence-corrected chi connectivity index (χ1v) is 11.2. The van der Waals surface area contributed by atoms with Crippen LogP contribution < -0.4 is 15.1 Å². The Morgan fingerprint density at radius 3 is 2.46 bits per heavy atom. The minimum atomic E-state index is -1.07. The van der Waals surface area contributed by atoms with Gasteiger partial charge in [0.15, 0.2) is 16.6 Å². The SMILES string of the molecule is [C-]#[N+]c1ccc(N2C(=O)C(C)(C)N(c3ccc(CNC(=O)c4occc4C)c(F)c3)C2=S)cc1C. The van der Waals surface area contributed by atoms with E-state index in [0.717, 1.165) is 5.56 Å². The predicted octanol–water partition coefficient (Wildman–Crippen LogP) is 5.43. The highest BCUT2D eigenvalue weighted by Crippen LogP contribution is 2.38. The zero-order chi connectivity index (χ0) is 25.5. The minimum Gasteiger partial charge on any atom is -0.459 e. The highest BCUT2D eigenvalue weighted by molar-refractivity contribution is 7.81. The summed E-state index contributed by atoms with van der Waals surface area (Å²) in [7, 11) is 0. The smallest absolute Gasteiger partial charge is 0.287 e. The molecule has 0 atom stereocenters. The van der Waals surface area contributed by atoms with Crippen LogP contribution in [-0.4, -0.2) is 22.5 Å². The van der Waals surface area contributed by atoms with Gasteiger partial charge in [-0.3, -0.25) is 14.5 Å². The number of carbonyl (C=O) groups excluding carboxylic acids is 2. The number of anilines is 2. The number of halogens is 1. The van der Waals surface area contributed by atoms with Gasteiger partial charge in [-0.25, -0.2) is 9.24 Å². The maximum atomic E-state index is 15.0. The molecule has 1 aromatic heterocycles. The summed E-state index contributed by atoms with van der Waals surface area (Å²) in [4.78, 5) is 32.1. The normalized spacial score (nSPS) is 14.9. The summed E-state index contributed by atoms with van der Waals surface area (Å²) >= 11 is 5.66. The third-order valence-electron chi connectivity index (χ3n) is 6.03. The molecule has 7 nitrogen and oxygen atoms in total. The molecule has 0 radical (unpaired) electrons. The maximum Gasteiger partial charge on any atom is 0.287 e. The van der Waals surface area contributed by atoms with Gasteiger partial charge in [-0.2, -0.15) is 0 Å². The largest absolute Gasteiger partial charge is 0.459 e. The zero-order valence-electron chi connectivity index (χ0n) is 19.7. The molecule has 178 valence electrons. The van der Waals surface area contributed by atoms with E-state index in [0.29, 0.717) is 22.6 Å². The van der Waals surface area contributed by atoms with E-state index in [1.165, 1.54) is 17.2 Å². The van der Waals surface area contributed by atoms with Crippen molar-refractivity contribution in [2.45, 2.75) is 39.8 Å². The summed E-state index contributed by atoms with van der Waals surface area (Å²) < 4.78 is 20.2. The first kappa shape index (κ1) is 24.1. The number of hydrogen-bond donors (Lipinski definition) is 1. The summed E-state index contributed by atoms with van der Waals surface area (Å²) in [6.07, 6.45) is 1.42. The molecule has 2 amide bonds. The third kappa shape index (κ3) is 4.17. The Morgan fingerprint density at radius 1 is 1.14 bits per heavy atom. The van der Waals surface area contributed by atoms with E-state index in [2.05, 4.69) is 10.2 Å². The van der Waals surface area contributed by atoms with Crippen LogP contribution in [0.1, 0.15) is 41.1 Å².